The average Bonchev–Trinajstić information content (AvgIpc) is 3.05. The normalized spacial score (nSPS) is 13.0. The summed E-state index contributed by atoms with van der Waals surface area (Å²) in [6, 6.07) is 13.5. The molecule has 31 heavy (non-hydrogen) atoms. The molecular formula is C23H26N4O4. The van der Waals surface area contributed by atoms with E-state index in [1.165, 1.54) is 0 Å². The van der Waals surface area contributed by atoms with Gasteiger partial charge in [-0.1, -0.05) is 18.9 Å². The minimum Gasteiger partial charge on any atom is -0.494 e. The molecule has 0 aliphatic carbocycles. The Kier molecular flexibility index (Phi) is 6.35. The van der Waals surface area contributed by atoms with Crippen molar-refractivity contribution in [2.24, 2.45) is 0 Å². The Labute approximate surface area is 180 Å². The summed E-state index contributed by atoms with van der Waals surface area (Å²) >= 11 is 0. The molecule has 2 aromatic carbocycles. The number of nitrogens with one attached hydrogen (secondary N) is 2. The zero-order chi connectivity index (χ0) is 21.6. The quantitative estimate of drug-likeness (QED) is 0.457. The number of rotatable bonds is 9. The third kappa shape index (κ3) is 4.79. The van der Waals surface area contributed by atoms with E-state index < -0.39 is 6.09 Å². The monoisotopic (exact) mass is 422 g/mol. The molecule has 8 nitrogen and oxygen atoms in total. The van der Waals surface area contributed by atoms with E-state index in [1.807, 2.05) is 42.5 Å². The number of aromatic nitrogens is 2. The summed E-state index contributed by atoms with van der Waals surface area (Å²) in [5.74, 6) is 1.60. The van der Waals surface area contributed by atoms with Crippen molar-refractivity contribution in [2.45, 2.75) is 32.2 Å². The van der Waals surface area contributed by atoms with Crippen LogP contribution in [0.5, 0.6) is 5.75 Å². The highest BCUT2D eigenvalue weighted by Gasteiger charge is 2.21. The Bertz CT molecular complexity index is 1080. The average molecular weight is 422 g/mol. The van der Waals surface area contributed by atoms with Crippen molar-refractivity contribution >= 4 is 23.0 Å². The number of carbonyl (C=O) groups is 2. The number of nitrogens with zero attached hydrogens (tertiary/aromatic N) is 2. The molecule has 4 rings (SSSR count). The number of amides is 2. The van der Waals surface area contributed by atoms with Gasteiger partial charge in [0.25, 0.3) is 5.91 Å². The first-order valence-electron chi connectivity index (χ1n) is 10.6. The number of carbonyl (C=O) groups excluding carboxylic acids is 1. The van der Waals surface area contributed by atoms with E-state index in [0.717, 1.165) is 53.9 Å². The third-order valence-corrected chi connectivity index (χ3v) is 5.36. The van der Waals surface area contributed by atoms with E-state index in [2.05, 4.69) is 15.2 Å². The lowest BCUT2D eigenvalue weighted by Crippen LogP contribution is -2.24. The van der Waals surface area contributed by atoms with Crippen molar-refractivity contribution in [1.29, 1.82) is 0 Å². The van der Waals surface area contributed by atoms with Crippen LogP contribution in [-0.2, 0) is 6.54 Å². The zero-order valence-electron chi connectivity index (χ0n) is 17.3. The predicted molar refractivity (Wildman–Crippen MR) is 117 cm³/mol. The Hall–Kier alpha value is -3.55. The first-order chi connectivity index (χ1) is 15.1. The summed E-state index contributed by atoms with van der Waals surface area (Å²) in [5.41, 5.74) is 3.34. The molecule has 3 N–H and O–H groups in total. The minimum absolute atomic E-state index is 0.0577. The SMILES string of the molecule is O=C(O)NCCCCCCOc1ccc(-c2nc3cccc4c3n2CCNC4=O)cc1. The van der Waals surface area contributed by atoms with Crippen LogP contribution in [0.25, 0.3) is 22.4 Å². The fourth-order valence-electron chi connectivity index (χ4n) is 3.85. The fourth-order valence-corrected chi connectivity index (χ4v) is 3.85. The Morgan fingerprint density at radius 3 is 2.74 bits per heavy atom. The topological polar surface area (TPSA) is 105 Å². The van der Waals surface area contributed by atoms with E-state index >= 15 is 0 Å². The lowest BCUT2D eigenvalue weighted by Gasteiger charge is -2.09. The smallest absolute Gasteiger partial charge is 0.404 e. The van der Waals surface area contributed by atoms with Gasteiger partial charge in [-0.25, -0.2) is 9.78 Å². The predicted octanol–water partition coefficient (Wildman–Crippen LogP) is 3.65. The van der Waals surface area contributed by atoms with Crippen LogP contribution in [0.3, 0.4) is 0 Å². The number of para-hydroxylation sites is 1. The lowest BCUT2D eigenvalue weighted by atomic mass is 10.1. The summed E-state index contributed by atoms with van der Waals surface area (Å²) < 4.78 is 7.94. The number of imidazole rings is 1. The van der Waals surface area contributed by atoms with Crippen molar-refractivity contribution in [1.82, 2.24) is 20.2 Å². The van der Waals surface area contributed by atoms with Gasteiger partial charge < -0.3 is 25.0 Å². The van der Waals surface area contributed by atoms with E-state index in [1.54, 1.807) is 0 Å². The second-order valence-electron chi connectivity index (χ2n) is 7.54. The van der Waals surface area contributed by atoms with Gasteiger partial charge in [-0.05, 0) is 49.2 Å². The first-order valence-corrected chi connectivity index (χ1v) is 10.6. The highest BCUT2D eigenvalue weighted by Crippen LogP contribution is 2.29. The van der Waals surface area contributed by atoms with Crippen LogP contribution in [0, 0.1) is 0 Å². The van der Waals surface area contributed by atoms with E-state index in [9.17, 15) is 9.59 Å². The Morgan fingerprint density at radius 1 is 1.13 bits per heavy atom. The summed E-state index contributed by atoms with van der Waals surface area (Å²) in [7, 11) is 0. The molecule has 8 heteroatoms. The lowest BCUT2D eigenvalue weighted by molar-refractivity contribution is 0.0956. The number of benzene rings is 2. The van der Waals surface area contributed by atoms with Crippen LogP contribution in [0.15, 0.2) is 42.5 Å². The van der Waals surface area contributed by atoms with Crippen LogP contribution in [0.2, 0.25) is 0 Å². The molecule has 2 amide bonds. The summed E-state index contributed by atoms with van der Waals surface area (Å²) in [5, 5.41) is 13.8. The maximum atomic E-state index is 12.3. The van der Waals surface area contributed by atoms with Gasteiger partial charge in [0.15, 0.2) is 0 Å². The van der Waals surface area contributed by atoms with E-state index in [0.29, 0.717) is 31.8 Å². The van der Waals surface area contributed by atoms with Crippen LogP contribution < -0.4 is 15.4 Å². The molecule has 0 atom stereocenters. The molecule has 2 heterocycles. The van der Waals surface area contributed by atoms with Gasteiger partial charge >= 0.3 is 6.09 Å². The van der Waals surface area contributed by atoms with Gasteiger partial charge in [0.05, 0.1) is 23.2 Å². The molecule has 1 aliphatic heterocycles. The third-order valence-electron chi connectivity index (χ3n) is 5.36. The zero-order valence-corrected chi connectivity index (χ0v) is 17.3. The number of ether oxygens (including phenoxy) is 1. The van der Waals surface area contributed by atoms with Crippen molar-refractivity contribution in [2.75, 3.05) is 19.7 Å². The second kappa shape index (κ2) is 9.51. The second-order valence-corrected chi connectivity index (χ2v) is 7.54. The maximum Gasteiger partial charge on any atom is 0.404 e. The molecule has 0 fully saturated rings. The van der Waals surface area contributed by atoms with Gasteiger partial charge in [0.1, 0.15) is 11.6 Å². The van der Waals surface area contributed by atoms with Crippen molar-refractivity contribution in [3.8, 4) is 17.1 Å². The van der Waals surface area contributed by atoms with Crippen LogP contribution >= 0.6 is 0 Å². The number of hydrogen-bond acceptors (Lipinski definition) is 4. The van der Waals surface area contributed by atoms with Crippen molar-refractivity contribution < 1.29 is 19.4 Å². The largest absolute Gasteiger partial charge is 0.494 e. The van der Waals surface area contributed by atoms with Gasteiger partial charge in [0.2, 0.25) is 0 Å². The molecule has 162 valence electrons. The summed E-state index contributed by atoms with van der Waals surface area (Å²) in [6.45, 7) is 2.36. The standard InChI is InChI=1S/C23H26N4O4/c28-22-18-6-5-7-19-20(18)27(14-13-24-22)21(26-19)16-8-10-17(11-9-16)31-15-4-2-1-3-12-25-23(29)30/h5-11,25H,1-4,12-15H2,(H,24,28)(H,29,30). The van der Waals surface area contributed by atoms with Gasteiger partial charge in [-0.3, -0.25) is 4.79 Å². The highest BCUT2D eigenvalue weighted by molar-refractivity contribution is 6.06. The van der Waals surface area contributed by atoms with Crippen LogP contribution in [0.1, 0.15) is 36.0 Å². The minimum atomic E-state index is -0.972. The molecule has 3 aromatic rings. The molecule has 0 saturated carbocycles. The molecule has 0 radical (unpaired) electrons. The number of carboxylic acid groups (broad SMARTS) is 1. The summed E-state index contributed by atoms with van der Waals surface area (Å²) in [4.78, 5) is 27.5. The first kappa shape index (κ1) is 20.7. The molecule has 1 aliphatic rings. The Balaban J connectivity index is 1.36. The molecule has 0 unspecified atom stereocenters. The van der Waals surface area contributed by atoms with Crippen molar-refractivity contribution in [3.05, 3.63) is 48.0 Å². The van der Waals surface area contributed by atoms with Crippen molar-refractivity contribution in [3.63, 3.8) is 0 Å². The van der Waals surface area contributed by atoms with Crippen LogP contribution in [0.4, 0.5) is 4.79 Å². The Morgan fingerprint density at radius 2 is 1.94 bits per heavy atom. The van der Waals surface area contributed by atoms with E-state index in [-0.39, 0.29) is 5.91 Å². The maximum absolute atomic E-state index is 12.3. The van der Waals surface area contributed by atoms with Gasteiger partial charge in [0, 0.05) is 25.2 Å². The molecular weight excluding hydrogens is 396 g/mol. The molecule has 0 spiro atoms. The molecule has 1 aromatic heterocycles. The highest BCUT2D eigenvalue weighted by atomic mass is 16.5. The van der Waals surface area contributed by atoms with Gasteiger partial charge in [-0.2, -0.15) is 0 Å². The van der Waals surface area contributed by atoms with E-state index in [4.69, 9.17) is 14.8 Å². The van der Waals surface area contributed by atoms with Gasteiger partial charge in [-0.15, -0.1) is 0 Å². The fraction of sp³-hybridized carbons (Fsp3) is 0.348. The summed E-state index contributed by atoms with van der Waals surface area (Å²) in [6.07, 6.45) is 2.76. The number of unbranched alkanes of at least 4 members (excludes halogenated alkanes) is 3. The number of hydrogen-bond donors (Lipinski definition) is 3. The van der Waals surface area contributed by atoms with Crippen LogP contribution in [-0.4, -0.2) is 46.4 Å². The molecule has 0 bridgehead atoms. The molecule has 0 saturated heterocycles.